The van der Waals surface area contributed by atoms with Crippen molar-refractivity contribution in [2.24, 2.45) is 11.7 Å². The van der Waals surface area contributed by atoms with Crippen LogP contribution in [0.5, 0.6) is 11.5 Å². The summed E-state index contributed by atoms with van der Waals surface area (Å²) in [6.07, 6.45) is 0.784. The molecule has 1 aromatic rings. The van der Waals surface area contributed by atoms with Crippen molar-refractivity contribution in [3.05, 3.63) is 22.7 Å². The second kappa shape index (κ2) is 8.10. The number of hydrogen-bond donors (Lipinski definition) is 3. The van der Waals surface area contributed by atoms with Gasteiger partial charge in [0.15, 0.2) is 11.5 Å². The van der Waals surface area contributed by atoms with Crippen molar-refractivity contribution < 1.29 is 19.1 Å². The van der Waals surface area contributed by atoms with Gasteiger partial charge in [0.2, 0.25) is 5.91 Å². The van der Waals surface area contributed by atoms with Crippen LogP contribution in [-0.2, 0) is 11.3 Å². The Morgan fingerprint density at radius 2 is 2.00 bits per heavy atom. The fourth-order valence-electron chi connectivity index (χ4n) is 2.37. The lowest BCUT2D eigenvalue weighted by Gasteiger charge is -2.20. The summed E-state index contributed by atoms with van der Waals surface area (Å²) in [5.41, 5.74) is 5.89. The summed E-state index contributed by atoms with van der Waals surface area (Å²) in [5.74, 6) is 0.691. The third-order valence-corrected chi connectivity index (χ3v) is 3.86. The Morgan fingerprint density at radius 1 is 1.29 bits per heavy atom. The smallest absolute Gasteiger partial charge is 0.312 e. The first kappa shape index (κ1) is 18.2. The van der Waals surface area contributed by atoms with Crippen molar-refractivity contribution in [1.82, 2.24) is 10.6 Å². The fraction of sp³-hybridized carbons (Fsp3) is 0.500. The molecule has 8 heteroatoms. The summed E-state index contributed by atoms with van der Waals surface area (Å²) in [5, 5.41) is 5.65. The number of urea groups is 1. The minimum atomic E-state index is -0.734. The Hall–Kier alpha value is -2.15. The number of fused-ring (bicyclic) bond motifs is 1. The second-order valence-corrected chi connectivity index (χ2v) is 6.31. The number of nitrogens with two attached hydrogens (primary N) is 1. The summed E-state index contributed by atoms with van der Waals surface area (Å²) >= 11 is 6.23. The highest BCUT2D eigenvalue weighted by Gasteiger charge is 2.23. The van der Waals surface area contributed by atoms with E-state index in [1.54, 1.807) is 12.1 Å². The van der Waals surface area contributed by atoms with Gasteiger partial charge in [-0.15, -0.1) is 0 Å². The number of nitrogens with one attached hydrogen (secondary N) is 2. The van der Waals surface area contributed by atoms with Crippen LogP contribution in [0.2, 0.25) is 5.02 Å². The number of benzene rings is 1. The van der Waals surface area contributed by atoms with Gasteiger partial charge in [0, 0.05) is 13.0 Å². The van der Waals surface area contributed by atoms with Crippen LogP contribution in [0.15, 0.2) is 12.1 Å². The predicted octanol–water partition coefficient (Wildman–Crippen LogP) is 1.81. The molecule has 0 unspecified atom stereocenters. The standard InChI is InChI=1S/C16H22ClN3O4/c1-9(2)13(20-16(18)22)15(21)19-8-10-6-11(17)14-12(7-10)23-4-3-5-24-14/h6-7,9,13H,3-5,8H2,1-2H3,(H,19,21)(H3,18,20,22)/t13-/m0/s1. The first-order valence-electron chi connectivity index (χ1n) is 7.80. The van der Waals surface area contributed by atoms with Crippen molar-refractivity contribution in [3.8, 4) is 11.5 Å². The lowest BCUT2D eigenvalue weighted by Crippen LogP contribution is -2.51. The first-order valence-corrected chi connectivity index (χ1v) is 8.18. The number of carbonyl (C=O) groups excluding carboxylic acids is 2. The highest BCUT2D eigenvalue weighted by molar-refractivity contribution is 6.32. The topological polar surface area (TPSA) is 103 Å². The zero-order chi connectivity index (χ0) is 17.7. The highest BCUT2D eigenvalue weighted by atomic mass is 35.5. The van der Waals surface area contributed by atoms with Crippen LogP contribution >= 0.6 is 11.6 Å². The maximum atomic E-state index is 12.3. The number of carbonyl (C=O) groups is 2. The molecule has 7 nitrogen and oxygen atoms in total. The van der Waals surface area contributed by atoms with Gasteiger partial charge in [-0.05, 0) is 23.6 Å². The molecule has 0 aliphatic carbocycles. The largest absolute Gasteiger partial charge is 0.489 e. The lowest BCUT2D eigenvalue weighted by atomic mass is 10.0. The predicted molar refractivity (Wildman–Crippen MR) is 90.3 cm³/mol. The van der Waals surface area contributed by atoms with Crippen LogP contribution in [0.3, 0.4) is 0 Å². The van der Waals surface area contributed by atoms with Crippen LogP contribution in [-0.4, -0.2) is 31.2 Å². The molecular formula is C16H22ClN3O4. The molecule has 1 aliphatic rings. The average molecular weight is 356 g/mol. The Bertz CT molecular complexity index is 622. The van der Waals surface area contributed by atoms with Crippen LogP contribution in [0.25, 0.3) is 0 Å². The number of rotatable bonds is 5. The molecular weight excluding hydrogens is 334 g/mol. The Labute approximate surface area is 145 Å². The molecule has 3 amide bonds. The van der Waals surface area contributed by atoms with Gasteiger partial charge in [0.25, 0.3) is 0 Å². The van der Waals surface area contributed by atoms with Crippen molar-refractivity contribution in [2.75, 3.05) is 13.2 Å². The zero-order valence-corrected chi connectivity index (χ0v) is 14.5. The summed E-state index contributed by atoms with van der Waals surface area (Å²) in [7, 11) is 0. The van der Waals surface area contributed by atoms with Crippen LogP contribution in [0, 0.1) is 5.92 Å². The van der Waals surface area contributed by atoms with E-state index in [9.17, 15) is 9.59 Å². The Morgan fingerprint density at radius 3 is 2.67 bits per heavy atom. The normalized spacial score (nSPS) is 14.7. The molecule has 0 saturated heterocycles. The molecule has 1 aliphatic heterocycles. The van der Waals surface area contributed by atoms with E-state index in [-0.39, 0.29) is 18.4 Å². The molecule has 4 N–H and O–H groups in total. The Balaban J connectivity index is 2.06. The highest BCUT2D eigenvalue weighted by Crippen LogP contribution is 2.37. The number of primary amides is 1. The minimum absolute atomic E-state index is 0.0927. The molecule has 0 saturated carbocycles. The van der Waals surface area contributed by atoms with Gasteiger partial charge in [-0.25, -0.2) is 4.79 Å². The molecule has 2 rings (SSSR count). The Kier molecular flexibility index (Phi) is 6.14. The van der Waals surface area contributed by atoms with E-state index in [2.05, 4.69) is 10.6 Å². The van der Waals surface area contributed by atoms with Gasteiger partial charge in [-0.2, -0.15) is 0 Å². The summed E-state index contributed by atoms with van der Waals surface area (Å²) < 4.78 is 11.2. The van der Waals surface area contributed by atoms with E-state index < -0.39 is 12.1 Å². The van der Waals surface area contributed by atoms with Crippen LogP contribution in [0.4, 0.5) is 4.79 Å². The molecule has 24 heavy (non-hydrogen) atoms. The van der Waals surface area contributed by atoms with Crippen molar-refractivity contribution in [1.29, 1.82) is 0 Å². The van der Waals surface area contributed by atoms with Gasteiger partial charge >= 0.3 is 6.03 Å². The lowest BCUT2D eigenvalue weighted by molar-refractivity contribution is -0.124. The molecule has 1 atom stereocenters. The number of amides is 3. The van der Waals surface area contributed by atoms with Crippen molar-refractivity contribution >= 4 is 23.5 Å². The van der Waals surface area contributed by atoms with Crippen LogP contribution < -0.4 is 25.8 Å². The van der Waals surface area contributed by atoms with Crippen LogP contribution in [0.1, 0.15) is 25.8 Å². The number of ether oxygens (including phenoxy) is 2. The van der Waals surface area contributed by atoms with Crippen molar-refractivity contribution in [2.45, 2.75) is 32.9 Å². The average Bonchev–Trinajstić information content (AvgIpc) is 2.75. The first-order chi connectivity index (χ1) is 11.4. The molecule has 0 aromatic heterocycles. The monoisotopic (exact) mass is 355 g/mol. The summed E-state index contributed by atoms with van der Waals surface area (Å²) in [6.45, 7) is 5.00. The van der Waals surface area contributed by atoms with E-state index in [0.717, 1.165) is 12.0 Å². The third-order valence-electron chi connectivity index (χ3n) is 3.58. The van der Waals surface area contributed by atoms with Gasteiger partial charge < -0.3 is 25.8 Å². The molecule has 0 radical (unpaired) electrons. The van der Waals surface area contributed by atoms with E-state index in [1.807, 2.05) is 13.8 Å². The molecule has 1 aromatic carbocycles. The third kappa shape index (κ3) is 4.67. The van der Waals surface area contributed by atoms with Gasteiger partial charge in [-0.3, -0.25) is 4.79 Å². The van der Waals surface area contributed by atoms with Crippen molar-refractivity contribution in [3.63, 3.8) is 0 Å². The quantitative estimate of drug-likeness (QED) is 0.749. The number of halogens is 1. The minimum Gasteiger partial charge on any atom is -0.489 e. The van der Waals surface area contributed by atoms with Gasteiger partial charge in [0.1, 0.15) is 6.04 Å². The summed E-state index contributed by atoms with van der Waals surface area (Å²) in [4.78, 5) is 23.3. The zero-order valence-electron chi connectivity index (χ0n) is 13.7. The van der Waals surface area contributed by atoms with E-state index in [1.165, 1.54) is 0 Å². The molecule has 132 valence electrons. The molecule has 0 fully saturated rings. The molecule has 0 spiro atoms. The fourth-order valence-corrected chi connectivity index (χ4v) is 2.66. The van der Waals surface area contributed by atoms with E-state index in [4.69, 9.17) is 26.8 Å². The molecule has 1 heterocycles. The van der Waals surface area contributed by atoms with E-state index >= 15 is 0 Å². The SMILES string of the molecule is CC(C)[C@H](NC(N)=O)C(=O)NCc1cc(Cl)c2c(c1)OCCCO2. The second-order valence-electron chi connectivity index (χ2n) is 5.90. The van der Waals surface area contributed by atoms with E-state index in [0.29, 0.717) is 29.7 Å². The number of hydrogen-bond acceptors (Lipinski definition) is 4. The van der Waals surface area contributed by atoms with Gasteiger partial charge in [-0.1, -0.05) is 25.4 Å². The maximum absolute atomic E-state index is 12.3. The maximum Gasteiger partial charge on any atom is 0.312 e. The van der Waals surface area contributed by atoms with Gasteiger partial charge in [0.05, 0.1) is 18.2 Å². The summed E-state index contributed by atoms with van der Waals surface area (Å²) in [6, 6.07) is 2.08. The molecule has 0 bridgehead atoms.